The Morgan fingerprint density at radius 2 is 2.00 bits per heavy atom. The molecule has 0 aliphatic carbocycles. The summed E-state index contributed by atoms with van der Waals surface area (Å²) in [5.74, 6) is 0.819. The highest BCUT2D eigenvalue weighted by molar-refractivity contribution is 7.20. The van der Waals surface area contributed by atoms with E-state index in [9.17, 15) is 0 Å². The number of hydrogen-bond donors (Lipinski definition) is 0. The topological polar surface area (TPSA) is 35.0 Å². The lowest BCUT2D eigenvalue weighted by molar-refractivity contribution is 0.480. The third-order valence-electron chi connectivity index (χ3n) is 2.71. The highest BCUT2D eigenvalue weighted by Gasteiger charge is 2.05. The van der Waals surface area contributed by atoms with E-state index in [0.717, 1.165) is 22.4 Å². The molecule has 0 saturated heterocycles. The first kappa shape index (κ1) is 11.2. The van der Waals surface area contributed by atoms with Gasteiger partial charge in [0.2, 0.25) is 0 Å². The molecule has 4 heteroatoms. The molecule has 3 nitrogen and oxygen atoms in total. The Balaban J connectivity index is 1.86. The van der Waals surface area contributed by atoms with E-state index in [2.05, 4.69) is 29.0 Å². The number of benzene rings is 1. The molecule has 3 aromatic rings. The summed E-state index contributed by atoms with van der Waals surface area (Å²) in [5.41, 5.74) is 2.18. The van der Waals surface area contributed by atoms with Crippen LogP contribution in [-0.2, 0) is 6.42 Å². The van der Waals surface area contributed by atoms with Gasteiger partial charge in [-0.15, -0.1) is 0 Å². The molecule has 0 N–H and O–H groups in total. The Bertz CT molecular complexity index is 628. The van der Waals surface area contributed by atoms with Crippen LogP contribution in [0.3, 0.4) is 0 Å². The van der Waals surface area contributed by atoms with Crippen LogP contribution >= 0.6 is 11.3 Å². The summed E-state index contributed by atoms with van der Waals surface area (Å²) in [6, 6.07) is 10.0. The number of pyridine rings is 1. The second kappa shape index (κ2) is 4.74. The zero-order valence-corrected chi connectivity index (χ0v) is 10.8. The molecule has 0 unspecified atom stereocenters. The van der Waals surface area contributed by atoms with Crippen LogP contribution in [0.2, 0.25) is 0 Å². The highest BCUT2D eigenvalue weighted by Crippen LogP contribution is 2.30. The van der Waals surface area contributed by atoms with Crippen molar-refractivity contribution in [3.05, 3.63) is 48.3 Å². The SMILES string of the molecule is CCc1ccc(Oc2nc3cnccc3s2)cc1. The molecule has 0 fully saturated rings. The van der Waals surface area contributed by atoms with Crippen LogP contribution in [0.15, 0.2) is 42.7 Å². The van der Waals surface area contributed by atoms with Crippen LogP contribution in [0.25, 0.3) is 10.2 Å². The molecular formula is C14H12N2OS. The average molecular weight is 256 g/mol. The molecule has 0 amide bonds. The monoisotopic (exact) mass is 256 g/mol. The maximum Gasteiger partial charge on any atom is 0.279 e. The summed E-state index contributed by atoms with van der Waals surface area (Å²) < 4.78 is 6.83. The molecule has 0 atom stereocenters. The van der Waals surface area contributed by atoms with E-state index < -0.39 is 0 Å². The number of ether oxygens (including phenoxy) is 1. The van der Waals surface area contributed by atoms with Gasteiger partial charge < -0.3 is 4.74 Å². The van der Waals surface area contributed by atoms with Crippen LogP contribution in [-0.4, -0.2) is 9.97 Å². The molecule has 2 aromatic heterocycles. The quantitative estimate of drug-likeness (QED) is 0.709. The van der Waals surface area contributed by atoms with Gasteiger partial charge in [-0.25, -0.2) is 4.98 Å². The summed E-state index contributed by atoms with van der Waals surface area (Å²) in [4.78, 5) is 8.43. The fourth-order valence-corrected chi connectivity index (χ4v) is 2.50. The Kier molecular flexibility index (Phi) is 2.94. The molecule has 18 heavy (non-hydrogen) atoms. The third kappa shape index (κ3) is 2.19. The maximum atomic E-state index is 5.74. The minimum atomic E-state index is 0.655. The minimum absolute atomic E-state index is 0.655. The second-order valence-corrected chi connectivity index (χ2v) is 4.92. The Hall–Kier alpha value is -1.94. The number of hydrogen-bond acceptors (Lipinski definition) is 4. The molecule has 3 rings (SSSR count). The van der Waals surface area contributed by atoms with E-state index in [0.29, 0.717) is 5.19 Å². The first-order chi connectivity index (χ1) is 8.85. The summed E-state index contributed by atoms with van der Waals surface area (Å²) >= 11 is 1.53. The van der Waals surface area contributed by atoms with Crippen molar-refractivity contribution in [2.24, 2.45) is 0 Å². The Labute approximate surface area is 109 Å². The molecule has 0 saturated carbocycles. The van der Waals surface area contributed by atoms with E-state index in [1.165, 1.54) is 16.9 Å². The van der Waals surface area contributed by atoms with Crippen LogP contribution in [0, 0.1) is 0 Å². The van der Waals surface area contributed by atoms with Crippen LogP contribution in [0.4, 0.5) is 0 Å². The number of thiazole rings is 1. The molecular weight excluding hydrogens is 244 g/mol. The van der Waals surface area contributed by atoms with Crippen LogP contribution in [0.1, 0.15) is 12.5 Å². The van der Waals surface area contributed by atoms with Crippen molar-refractivity contribution in [1.82, 2.24) is 9.97 Å². The Morgan fingerprint density at radius 3 is 2.72 bits per heavy atom. The minimum Gasteiger partial charge on any atom is -0.431 e. The second-order valence-electron chi connectivity index (χ2n) is 3.92. The molecule has 0 spiro atoms. The van der Waals surface area contributed by atoms with Gasteiger partial charge in [-0.1, -0.05) is 30.4 Å². The summed E-state index contributed by atoms with van der Waals surface area (Å²) in [7, 11) is 0. The van der Waals surface area contributed by atoms with E-state index in [1.54, 1.807) is 12.4 Å². The first-order valence-electron chi connectivity index (χ1n) is 5.82. The third-order valence-corrected chi connectivity index (χ3v) is 3.62. The van der Waals surface area contributed by atoms with Crippen LogP contribution < -0.4 is 4.74 Å². The summed E-state index contributed by atoms with van der Waals surface area (Å²) in [6.45, 7) is 2.14. The number of aryl methyl sites for hydroxylation is 1. The van der Waals surface area contributed by atoms with Crippen molar-refractivity contribution in [3.63, 3.8) is 0 Å². The number of rotatable bonds is 3. The van der Waals surface area contributed by atoms with E-state index >= 15 is 0 Å². The average Bonchev–Trinajstić information content (AvgIpc) is 2.82. The molecule has 1 aromatic carbocycles. The van der Waals surface area contributed by atoms with Gasteiger partial charge in [0.25, 0.3) is 5.19 Å². The standard InChI is InChI=1S/C14H12N2OS/c1-2-10-3-5-11(6-4-10)17-14-16-12-9-15-8-7-13(12)18-14/h3-9H,2H2,1H3. The summed E-state index contributed by atoms with van der Waals surface area (Å²) in [5, 5.41) is 0.655. The maximum absolute atomic E-state index is 5.74. The van der Waals surface area contributed by atoms with Crippen molar-refractivity contribution in [2.45, 2.75) is 13.3 Å². The van der Waals surface area contributed by atoms with Crippen molar-refractivity contribution in [1.29, 1.82) is 0 Å². The lowest BCUT2D eigenvalue weighted by atomic mass is 10.2. The van der Waals surface area contributed by atoms with Gasteiger partial charge >= 0.3 is 0 Å². The van der Waals surface area contributed by atoms with Gasteiger partial charge in [-0.05, 0) is 30.2 Å². The Morgan fingerprint density at radius 1 is 1.17 bits per heavy atom. The lowest BCUT2D eigenvalue weighted by Gasteiger charge is -2.02. The predicted octanol–water partition coefficient (Wildman–Crippen LogP) is 4.05. The van der Waals surface area contributed by atoms with Crippen molar-refractivity contribution in [2.75, 3.05) is 0 Å². The fourth-order valence-electron chi connectivity index (χ4n) is 1.70. The number of fused-ring (bicyclic) bond motifs is 1. The van der Waals surface area contributed by atoms with Crippen molar-refractivity contribution < 1.29 is 4.74 Å². The van der Waals surface area contributed by atoms with Gasteiger partial charge in [-0.2, -0.15) is 0 Å². The molecule has 0 aliphatic heterocycles. The zero-order chi connectivity index (χ0) is 12.4. The van der Waals surface area contributed by atoms with Gasteiger partial charge in [0, 0.05) is 6.20 Å². The highest BCUT2D eigenvalue weighted by atomic mass is 32.1. The summed E-state index contributed by atoms with van der Waals surface area (Å²) in [6.07, 6.45) is 4.55. The smallest absolute Gasteiger partial charge is 0.279 e. The van der Waals surface area contributed by atoms with Crippen molar-refractivity contribution >= 4 is 21.6 Å². The zero-order valence-electron chi connectivity index (χ0n) is 9.96. The molecule has 0 aliphatic rings. The van der Waals surface area contributed by atoms with Gasteiger partial charge in [0.15, 0.2) is 0 Å². The largest absolute Gasteiger partial charge is 0.431 e. The van der Waals surface area contributed by atoms with E-state index in [-0.39, 0.29) is 0 Å². The predicted molar refractivity (Wildman–Crippen MR) is 73.3 cm³/mol. The normalized spacial score (nSPS) is 10.7. The number of nitrogens with zero attached hydrogens (tertiary/aromatic N) is 2. The first-order valence-corrected chi connectivity index (χ1v) is 6.64. The van der Waals surface area contributed by atoms with Crippen LogP contribution in [0.5, 0.6) is 10.9 Å². The van der Waals surface area contributed by atoms with E-state index in [4.69, 9.17) is 4.74 Å². The molecule has 2 heterocycles. The van der Waals surface area contributed by atoms with Gasteiger partial charge in [-0.3, -0.25) is 4.98 Å². The molecule has 90 valence electrons. The molecule has 0 bridgehead atoms. The van der Waals surface area contributed by atoms with Gasteiger partial charge in [0.1, 0.15) is 11.3 Å². The van der Waals surface area contributed by atoms with Crippen molar-refractivity contribution in [3.8, 4) is 10.9 Å². The lowest BCUT2D eigenvalue weighted by Crippen LogP contribution is -1.84. The van der Waals surface area contributed by atoms with Gasteiger partial charge in [0.05, 0.1) is 10.9 Å². The van der Waals surface area contributed by atoms with E-state index in [1.807, 2.05) is 18.2 Å². The number of aromatic nitrogens is 2. The molecule has 0 radical (unpaired) electrons. The fraction of sp³-hybridized carbons (Fsp3) is 0.143.